The molecule has 7 rings (SSSR count). The smallest absolute Gasteiger partial charge is 0.180 e. The van der Waals surface area contributed by atoms with Gasteiger partial charge in [0.2, 0.25) is 0 Å². The van der Waals surface area contributed by atoms with Gasteiger partial charge in [0.1, 0.15) is 44.1 Å². The molecule has 6 nitrogen and oxygen atoms in total. The summed E-state index contributed by atoms with van der Waals surface area (Å²) in [4.78, 5) is 6.25. The fraction of sp³-hybridized carbons (Fsp3) is 0.167. The number of nitriles is 2. The second-order valence-electron chi connectivity index (χ2n) is 7.59. The van der Waals surface area contributed by atoms with Gasteiger partial charge in [-0.05, 0) is 12.1 Å². The number of rotatable bonds is 2. The molecule has 0 N–H and O–H groups in total. The Morgan fingerprint density at radius 2 is 1.15 bits per heavy atom. The second-order valence-corrected chi connectivity index (χ2v) is 11.5. The number of hydrogen-bond acceptors (Lipinski definition) is 10. The monoisotopic (exact) mass is 520 g/mol. The molecular formula is C24H12N2O4S4. The topological polar surface area (TPSA) is 84.5 Å². The molecule has 10 heteroatoms. The van der Waals surface area contributed by atoms with Crippen molar-refractivity contribution in [2.75, 3.05) is 26.4 Å². The molecule has 1 aliphatic carbocycles. The van der Waals surface area contributed by atoms with Gasteiger partial charge in [-0.25, -0.2) is 0 Å². The molecule has 4 aromatic rings. The Labute approximate surface area is 210 Å². The highest BCUT2D eigenvalue weighted by Crippen LogP contribution is 2.59. The number of allylic oxidation sites excluding steroid dienone is 1. The van der Waals surface area contributed by atoms with Gasteiger partial charge in [-0.15, -0.1) is 45.3 Å². The lowest BCUT2D eigenvalue weighted by molar-refractivity contribution is 0.174. The first-order valence-corrected chi connectivity index (χ1v) is 13.7. The van der Waals surface area contributed by atoms with Gasteiger partial charge in [0.15, 0.2) is 23.0 Å². The summed E-state index contributed by atoms with van der Waals surface area (Å²) >= 11 is 6.48. The van der Waals surface area contributed by atoms with Gasteiger partial charge >= 0.3 is 0 Å². The number of hydrogen-bond donors (Lipinski definition) is 0. The number of nitrogens with zero attached hydrogens (tertiary/aromatic N) is 2. The van der Waals surface area contributed by atoms with Crippen molar-refractivity contribution in [1.82, 2.24) is 0 Å². The van der Waals surface area contributed by atoms with Crippen LogP contribution in [0.1, 0.15) is 11.1 Å². The van der Waals surface area contributed by atoms with Crippen molar-refractivity contribution in [2.45, 2.75) is 0 Å². The molecule has 0 radical (unpaired) electrons. The second kappa shape index (κ2) is 7.62. The van der Waals surface area contributed by atoms with Crippen molar-refractivity contribution in [1.29, 1.82) is 10.5 Å². The lowest BCUT2D eigenvalue weighted by Crippen LogP contribution is -2.14. The first-order chi connectivity index (χ1) is 16.8. The zero-order valence-electron chi connectivity index (χ0n) is 17.3. The lowest BCUT2D eigenvalue weighted by atomic mass is 10.0. The van der Waals surface area contributed by atoms with Crippen LogP contribution in [0.4, 0.5) is 0 Å². The van der Waals surface area contributed by atoms with Gasteiger partial charge in [0, 0.05) is 37.2 Å². The summed E-state index contributed by atoms with van der Waals surface area (Å²) in [6.45, 7) is 2.14. The molecule has 0 fully saturated rings. The molecule has 2 aliphatic heterocycles. The van der Waals surface area contributed by atoms with Crippen molar-refractivity contribution in [3.05, 3.63) is 39.6 Å². The summed E-state index contributed by atoms with van der Waals surface area (Å²) in [5, 5.41) is 23.4. The largest absolute Gasteiger partial charge is 0.485 e. The zero-order chi connectivity index (χ0) is 22.8. The minimum Gasteiger partial charge on any atom is -0.485 e. The van der Waals surface area contributed by atoms with Crippen LogP contribution in [0.25, 0.3) is 34.8 Å². The summed E-state index contributed by atoms with van der Waals surface area (Å²) in [5.74, 6) is 3.09. The van der Waals surface area contributed by atoms with E-state index >= 15 is 0 Å². The Bertz CT molecular complexity index is 1490. The summed E-state index contributed by atoms with van der Waals surface area (Å²) in [6.07, 6.45) is 0. The summed E-state index contributed by atoms with van der Waals surface area (Å²) in [7, 11) is 0. The molecule has 0 unspecified atom stereocenters. The molecule has 0 aromatic carbocycles. The van der Waals surface area contributed by atoms with E-state index in [1.807, 2.05) is 10.8 Å². The quantitative estimate of drug-likeness (QED) is 0.243. The van der Waals surface area contributed by atoms with Crippen LogP contribution in [0.15, 0.2) is 28.5 Å². The third-order valence-electron chi connectivity index (χ3n) is 5.73. The molecule has 166 valence electrons. The van der Waals surface area contributed by atoms with Crippen LogP contribution in [0.3, 0.4) is 0 Å². The van der Waals surface area contributed by atoms with Gasteiger partial charge in [-0.1, -0.05) is 0 Å². The molecule has 0 atom stereocenters. The third-order valence-corrected chi connectivity index (χ3v) is 10.4. The summed E-state index contributed by atoms with van der Waals surface area (Å²) in [5.41, 5.74) is 2.68. The van der Waals surface area contributed by atoms with Crippen molar-refractivity contribution < 1.29 is 18.9 Å². The standard InChI is InChI=1S/C24H12N2O4S4/c25-7-11(8-26)18-12-5-16(23-19-14(9-31-23)27-1-3-29-19)33-21(12)22-13(18)6-17(34-22)24-20-15(10-32-24)28-2-4-30-20/h5-6,9-10H,1-4H2. The van der Waals surface area contributed by atoms with E-state index in [2.05, 4.69) is 24.3 Å². The van der Waals surface area contributed by atoms with E-state index in [0.29, 0.717) is 32.0 Å². The van der Waals surface area contributed by atoms with Gasteiger partial charge in [-0.3, -0.25) is 0 Å². The highest BCUT2D eigenvalue weighted by Gasteiger charge is 2.34. The van der Waals surface area contributed by atoms with Crippen LogP contribution in [0.2, 0.25) is 0 Å². The van der Waals surface area contributed by atoms with E-state index in [1.54, 1.807) is 45.3 Å². The molecule has 0 spiro atoms. The Kier molecular flexibility index (Phi) is 4.51. The van der Waals surface area contributed by atoms with E-state index in [4.69, 9.17) is 18.9 Å². The third kappa shape index (κ3) is 2.80. The first kappa shape index (κ1) is 20.1. The van der Waals surface area contributed by atoms with Gasteiger partial charge in [0.05, 0.1) is 19.5 Å². The Balaban J connectivity index is 1.41. The maximum absolute atomic E-state index is 9.74. The fourth-order valence-electron chi connectivity index (χ4n) is 4.33. The van der Waals surface area contributed by atoms with Gasteiger partial charge in [-0.2, -0.15) is 10.5 Å². The Hall–Kier alpha value is -3.28. The van der Waals surface area contributed by atoms with Crippen LogP contribution >= 0.6 is 45.3 Å². The summed E-state index contributed by atoms with van der Waals surface area (Å²) < 4.78 is 23.2. The van der Waals surface area contributed by atoms with Crippen LogP contribution in [-0.2, 0) is 0 Å². The molecule has 34 heavy (non-hydrogen) atoms. The van der Waals surface area contributed by atoms with Crippen LogP contribution in [0.5, 0.6) is 23.0 Å². The van der Waals surface area contributed by atoms with E-state index in [9.17, 15) is 10.5 Å². The molecule has 0 amide bonds. The zero-order valence-corrected chi connectivity index (χ0v) is 20.6. The maximum atomic E-state index is 9.74. The van der Waals surface area contributed by atoms with E-state index in [1.165, 1.54) is 0 Å². The predicted molar refractivity (Wildman–Crippen MR) is 133 cm³/mol. The predicted octanol–water partition coefficient (Wildman–Crippen LogP) is 6.64. The van der Waals surface area contributed by atoms with Gasteiger partial charge < -0.3 is 18.9 Å². The molecule has 0 bridgehead atoms. The van der Waals surface area contributed by atoms with Crippen molar-refractivity contribution in [2.24, 2.45) is 0 Å². The Morgan fingerprint density at radius 3 is 1.62 bits per heavy atom. The molecule has 3 aliphatic rings. The molecule has 6 heterocycles. The molecule has 4 aromatic heterocycles. The number of fused-ring (bicyclic) bond motifs is 5. The summed E-state index contributed by atoms with van der Waals surface area (Å²) in [6, 6.07) is 8.36. The average molecular weight is 521 g/mol. The molecule has 0 saturated heterocycles. The van der Waals surface area contributed by atoms with Crippen LogP contribution in [-0.4, -0.2) is 26.4 Å². The van der Waals surface area contributed by atoms with Crippen LogP contribution in [0, 0.1) is 22.7 Å². The minimum atomic E-state index is 0.120. The number of thiophene rings is 4. The highest BCUT2D eigenvalue weighted by molar-refractivity contribution is 7.29. The van der Waals surface area contributed by atoms with Crippen molar-refractivity contribution in [3.8, 4) is 64.4 Å². The maximum Gasteiger partial charge on any atom is 0.180 e. The molecular weight excluding hydrogens is 509 g/mol. The Morgan fingerprint density at radius 1 is 0.676 bits per heavy atom. The lowest BCUT2D eigenvalue weighted by Gasteiger charge is -2.15. The SMILES string of the molecule is N#CC(C#N)=C1c2cc(-c3scc4c3OCCO4)sc2-c2sc(-c3scc4c3OCCO4)cc21. The van der Waals surface area contributed by atoms with E-state index in [0.717, 1.165) is 63.4 Å². The van der Waals surface area contributed by atoms with E-state index in [-0.39, 0.29) is 5.57 Å². The first-order valence-electron chi connectivity index (χ1n) is 10.3. The fourth-order valence-corrected chi connectivity index (χ4v) is 8.91. The molecule has 0 saturated carbocycles. The van der Waals surface area contributed by atoms with Crippen LogP contribution < -0.4 is 18.9 Å². The number of ether oxygens (including phenoxy) is 4. The highest BCUT2D eigenvalue weighted by atomic mass is 32.1. The van der Waals surface area contributed by atoms with Gasteiger partial charge in [0.25, 0.3) is 0 Å². The average Bonchev–Trinajstić information content (AvgIpc) is 3.66. The van der Waals surface area contributed by atoms with E-state index < -0.39 is 0 Å². The normalized spacial score (nSPS) is 14.8. The van der Waals surface area contributed by atoms with Crippen molar-refractivity contribution in [3.63, 3.8) is 0 Å². The van der Waals surface area contributed by atoms with Crippen molar-refractivity contribution >= 4 is 50.9 Å². The minimum absolute atomic E-state index is 0.120.